The van der Waals surface area contributed by atoms with Crippen molar-refractivity contribution in [3.63, 3.8) is 0 Å². The van der Waals surface area contributed by atoms with Gasteiger partial charge in [-0.3, -0.25) is 4.79 Å². The van der Waals surface area contributed by atoms with E-state index in [9.17, 15) is 9.90 Å². The summed E-state index contributed by atoms with van der Waals surface area (Å²) in [5.41, 5.74) is 0.893. The molecule has 2 aromatic rings. The first kappa shape index (κ1) is 14.4. The Balaban J connectivity index is 2.07. The van der Waals surface area contributed by atoms with Crippen molar-refractivity contribution in [3.05, 3.63) is 42.0 Å². The molecule has 0 bridgehead atoms. The predicted molar refractivity (Wildman–Crippen MR) is 80.0 cm³/mol. The van der Waals surface area contributed by atoms with Gasteiger partial charge in [-0.05, 0) is 36.6 Å². The van der Waals surface area contributed by atoms with Crippen LogP contribution in [0.25, 0.3) is 10.8 Å². The van der Waals surface area contributed by atoms with Crippen molar-refractivity contribution in [2.75, 3.05) is 0 Å². The molecule has 0 amide bonds. The fourth-order valence-electron chi connectivity index (χ4n) is 2.54. The first-order valence-corrected chi connectivity index (χ1v) is 7.06. The molecule has 0 aliphatic rings. The molecule has 1 atom stereocenters. The Labute approximate surface area is 118 Å². The van der Waals surface area contributed by atoms with Crippen molar-refractivity contribution in [2.45, 2.75) is 32.6 Å². The van der Waals surface area contributed by atoms with Crippen molar-refractivity contribution < 1.29 is 15.0 Å². The van der Waals surface area contributed by atoms with Crippen LogP contribution in [-0.4, -0.2) is 16.2 Å². The molecule has 3 heteroatoms. The van der Waals surface area contributed by atoms with E-state index >= 15 is 0 Å². The SMILES string of the molecule is CCC(CCCc1ccc2ccccc2c1O)C(=O)O. The topological polar surface area (TPSA) is 57.5 Å². The van der Waals surface area contributed by atoms with E-state index in [1.54, 1.807) is 0 Å². The van der Waals surface area contributed by atoms with Gasteiger partial charge in [0.2, 0.25) is 0 Å². The summed E-state index contributed by atoms with van der Waals surface area (Å²) in [7, 11) is 0. The number of hydrogen-bond acceptors (Lipinski definition) is 2. The maximum Gasteiger partial charge on any atom is 0.306 e. The Hall–Kier alpha value is -2.03. The highest BCUT2D eigenvalue weighted by atomic mass is 16.4. The van der Waals surface area contributed by atoms with Crippen molar-refractivity contribution in [2.24, 2.45) is 5.92 Å². The van der Waals surface area contributed by atoms with Crippen molar-refractivity contribution in [3.8, 4) is 5.75 Å². The van der Waals surface area contributed by atoms with Gasteiger partial charge in [-0.1, -0.05) is 43.3 Å². The number of carbonyl (C=O) groups is 1. The lowest BCUT2D eigenvalue weighted by Crippen LogP contribution is -2.12. The van der Waals surface area contributed by atoms with Crippen LogP contribution in [0.2, 0.25) is 0 Å². The molecule has 0 saturated heterocycles. The first-order chi connectivity index (χ1) is 9.63. The number of carboxylic acids is 1. The van der Waals surface area contributed by atoms with Crippen LogP contribution in [0.1, 0.15) is 31.7 Å². The molecule has 20 heavy (non-hydrogen) atoms. The van der Waals surface area contributed by atoms with Gasteiger partial charge >= 0.3 is 5.97 Å². The number of aliphatic carboxylic acids is 1. The molecule has 1 unspecified atom stereocenters. The van der Waals surface area contributed by atoms with Crippen molar-refractivity contribution >= 4 is 16.7 Å². The molecule has 0 aliphatic heterocycles. The van der Waals surface area contributed by atoms with Gasteiger partial charge in [0.25, 0.3) is 0 Å². The maximum absolute atomic E-state index is 11.0. The average Bonchev–Trinajstić information content (AvgIpc) is 2.45. The molecule has 2 aromatic carbocycles. The molecule has 3 nitrogen and oxygen atoms in total. The number of fused-ring (bicyclic) bond motifs is 1. The molecule has 0 saturated carbocycles. The number of carboxylic acid groups (broad SMARTS) is 1. The lowest BCUT2D eigenvalue weighted by Gasteiger charge is -2.11. The summed E-state index contributed by atoms with van der Waals surface area (Å²) < 4.78 is 0. The maximum atomic E-state index is 11.0. The average molecular weight is 272 g/mol. The summed E-state index contributed by atoms with van der Waals surface area (Å²) in [6.45, 7) is 1.90. The molecule has 0 spiro atoms. The number of rotatable bonds is 6. The minimum atomic E-state index is -0.727. The summed E-state index contributed by atoms with van der Waals surface area (Å²) >= 11 is 0. The van der Waals surface area contributed by atoms with Crippen LogP contribution in [0.5, 0.6) is 5.75 Å². The molecule has 0 aromatic heterocycles. The summed E-state index contributed by atoms with van der Waals surface area (Å²) in [6.07, 6.45) is 2.79. The quantitative estimate of drug-likeness (QED) is 0.836. The number of hydrogen-bond donors (Lipinski definition) is 2. The number of phenolic OH excluding ortho intramolecular Hbond substituents is 1. The largest absolute Gasteiger partial charge is 0.507 e. The number of phenols is 1. The van der Waals surface area contributed by atoms with Gasteiger partial charge in [0.15, 0.2) is 0 Å². The lowest BCUT2D eigenvalue weighted by molar-refractivity contribution is -0.142. The van der Waals surface area contributed by atoms with Gasteiger partial charge in [0.1, 0.15) is 5.75 Å². The van der Waals surface area contributed by atoms with Crippen LogP contribution in [-0.2, 0) is 11.2 Å². The van der Waals surface area contributed by atoms with Crippen LogP contribution in [0.3, 0.4) is 0 Å². The van der Waals surface area contributed by atoms with Crippen molar-refractivity contribution in [1.82, 2.24) is 0 Å². The lowest BCUT2D eigenvalue weighted by atomic mass is 9.96. The zero-order chi connectivity index (χ0) is 14.5. The second-order valence-electron chi connectivity index (χ2n) is 5.13. The van der Waals surface area contributed by atoms with Crippen molar-refractivity contribution in [1.29, 1.82) is 0 Å². The summed E-state index contributed by atoms with van der Waals surface area (Å²) in [5, 5.41) is 21.2. The molecule has 2 N–H and O–H groups in total. The number of aryl methyl sites for hydroxylation is 1. The summed E-state index contributed by atoms with van der Waals surface area (Å²) in [5.74, 6) is -0.681. The van der Waals surface area contributed by atoms with E-state index in [2.05, 4.69) is 0 Å². The fraction of sp³-hybridized carbons (Fsp3) is 0.353. The third-order valence-electron chi connectivity index (χ3n) is 3.82. The second kappa shape index (κ2) is 6.42. The molecule has 0 aliphatic carbocycles. The van der Waals surface area contributed by atoms with E-state index in [-0.39, 0.29) is 5.92 Å². The van der Waals surface area contributed by atoms with E-state index in [0.717, 1.165) is 22.8 Å². The van der Waals surface area contributed by atoms with E-state index in [0.29, 0.717) is 25.0 Å². The zero-order valence-electron chi connectivity index (χ0n) is 11.7. The van der Waals surface area contributed by atoms with Crippen LogP contribution in [0.15, 0.2) is 36.4 Å². The highest BCUT2D eigenvalue weighted by Gasteiger charge is 2.14. The normalized spacial score (nSPS) is 12.4. The summed E-state index contributed by atoms with van der Waals surface area (Å²) in [6, 6.07) is 11.7. The highest BCUT2D eigenvalue weighted by molar-refractivity contribution is 5.89. The Bertz CT molecular complexity index is 604. The van der Waals surface area contributed by atoms with Gasteiger partial charge in [0, 0.05) is 5.39 Å². The van der Waals surface area contributed by atoms with E-state index < -0.39 is 5.97 Å². The van der Waals surface area contributed by atoms with E-state index in [1.807, 2.05) is 43.3 Å². The van der Waals surface area contributed by atoms with Gasteiger partial charge in [0.05, 0.1) is 5.92 Å². The third kappa shape index (κ3) is 3.10. The smallest absolute Gasteiger partial charge is 0.306 e. The molecular weight excluding hydrogens is 252 g/mol. The minimum absolute atomic E-state index is 0.280. The second-order valence-corrected chi connectivity index (χ2v) is 5.13. The Morgan fingerprint density at radius 2 is 1.95 bits per heavy atom. The molecule has 2 rings (SSSR count). The van der Waals surface area contributed by atoms with Crippen LogP contribution in [0, 0.1) is 5.92 Å². The number of benzene rings is 2. The van der Waals surface area contributed by atoms with Gasteiger partial charge in [-0.2, -0.15) is 0 Å². The molecule has 0 fully saturated rings. The molecule has 0 heterocycles. The van der Waals surface area contributed by atoms with Gasteiger partial charge in [-0.15, -0.1) is 0 Å². The molecular formula is C17H20O3. The van der Waals surface area contributed by atoms with Gasteiger partial charge in [-0.25, -0.2) is 0 Å². The zero-order valence-corrected chi connectivity index (χ0v) is 11.7. The monoisotopic (exact) mass is 272 g/mol. The summed E-state index contributed by atoms with van der Waals surface area (Å²) in [4.78, 5) is 11.0. The highest BCUT2D eigenvalue weighted by Crippen LogP contribution is 2.29. The standard InChI is InChI=1S/C17H20O3/c1-2-12(17(19)20)7-5-8-14-11-10-13-6-3-4-9-15(13)16(14)18/h3-4,6,9-12,18H,2,5,7-8H2,1H3,(H,19,20). The fourth-order valence-corrected chi connectivity index (χ4v) is 2.54. The van der Waals surface area contributed by atoms with Crippen LogP contribution >= 0.6 is 0 Å². The Morgan fingerprint density at radius 1 is 1.20 bits per heavy atom. The van der Waals surface area contributed by atoms with Gasteiger partial charge < -0.3 is 10.2 Å². The first-order valence-electron chi connectivity index (χ1n) is 7.06. The molecule has 0 radical (unpaired) electrons. The van der Waals surface area contributed by atoms with Crippen LogP contribution in [0.4, 0.5) is 0 Å². The Kier molecular flexibility index (Phi) is 4.61. The Morgan fingerprint density at radius 3 is 2.65 bits per heavy atom. The molecule has 106 valence electrons. The van der Waals surface area contributed by atoms with Crippen LogP contribution < -0.4 is 0 Å². The van der Waals surface area contributed by atoms with E-state index in [4.69, 9.17) is 5.11 Å². The minimum Gasteiger partial charge on any atom is -0.507 e. The van der Waals surface area contributed by atoms with E-state index in [1.165, 1.54) is 0 Å². The predicted octanol–water partition coefficient (Wildman–Crippen LogP) is 3.98. The number of aromatic hydroxyl groups is 1. The third-order valence-corrected chi connectivity index (χ3v) is 3.82.